The third kappa shape index (κ3) is 5.65. The van der Waals surface area contributed by atoms with E-state index >= 15 is 0 Å². The molecule has 4 aromatic rings. The highest BCUT2D eigenvalue weighted by atomic mass is 16.6. The van der Waals surface area contributed by atoms with E-state index in [2.05, 4.69) is 34.1 Å². The molecule has 0 bridgehead atoms. The summed E-state index contributed by atoms with van der Waals surface area (Å²) in [6.45, 7) is 9.91. The van der Waals surface area contributed by atoms with E-state index in [1.165, 1.54) is 0 Å². The third-order valence-corrected chi connectivity index (χ3v) is 6.80. The fourth-order valence-electron chi connectivity index (χ4n) is 4.87. The molecule has 0 saturated carbocycles. The van der Waals surface area contributed by atoms with Crippen LogP contribution in [-0.4, -0.2) is 64.0 Å². The number of hydrogen-bond donors (Lipinski definition) is 0. The number of pyridine rings is 1. The van der Waals surface area contributed by atoms with Gasteiger partial charge in [-0.1, -0.05) is 24.3 Å². The van der Waals surface area contributed by atoms with Crippen LogP contribution in [0.1, 0.15) is 32.9 Å². The molecule has 2 aromatic heterocycles. The van der Waals surface area contributed by atoms with Crippen molar-refractivity contribution in [3.05, 3.63) is 78.8 Å². The van der Waals surface area contributed by atoms with Crippen molar-refractivity contribution in [1.82, 2.24) is 19.7 Å². The van der Waals surface area contributed by atoms with E-state index < -0.39 is 5.60 Å². The van der Waals surface area contributed by atoms with Crippen molar-refractivity contribution in [2.45, 2.75) is 39.3 Å². The first kappa shape index (κ1) is 25.7. The van der Waals surface area contributed by atoms with E-state index in [4.69, 9.17) is 19.6 Å². The van der Waals surface area contributed by atoms with Gasteiger partial charge in [-0.3, -0.25) is 9.88 Å². The molecule has 0 atom stereocenters. The van der Waals surface area contributed by atoms with Gasteiger partial charge in [0.2, 0.25) is 0 Å². The predicted molar refractivity (Wildman–Crippen MR) is 149 cm³/mol. The Kier molecular flexibility index (Phi) is 7.60. The average Bonchev–Trinajstić information content (AvgIpc) is 3.27. The lowest BCUT2D eigenvalue weighted by Crippen LogP contribution is -2.40. The van der Waals surface area contributed by atoms with Gasteiger partial charge in [-0.05, 0) is 63.6 Å². The molecule has 0 N–H and O–H groups in total. The predicted octanol–water partition coefficient (Wildman–Crippen LogP) is 4.85. The minimum absolute atomic E-state index is 0.309. The Morgan fingerprint density at radius 3 is 2.63 bits per heavy atom. The second-order valence-corrected chi connectivity index (χ2v) is 10.0. The van der Waals surface area contributed by atoms with Crippen molar-refractivity contribution in [2.75, 3.05) is 37.7 Å². The summed E-state index contributed by atoms with van der Waals surface area (Å²) in [6.07, 6.45) is 4.81. The van der Waals surface area contributed by atoms with Gasteiger partial charge in [0, 0.05) is 50.5 Å². The van der Waals surface area contributed by atoms with E-state index in [9.17, 15) is 4.79 Å². The molecule has 0 spiro atoms. The fourth-order valence-corrected chi connectivity index (χ4v) is 4.87. The van der Waals surface area contributed by atoms with Gasteiger partial charge in [-0.25, -0.2) is 9.48 Å². The largest absolute Gasteiger partial charge is 0.474 e. The fraction of sp³-hybridized carbons (Fsp3) is 0.367. The summed E-state index contributed by atoms with van der Waals surface area (Å²) < 4.78 is 13.5. The average molecular weight is 514 g/mol. The van der Waals surface area contributed by atoms with Gasteiger partial charge in [-0.15, -0.1) is 0 Å². The summed E-state index contributed by atoms with van der Waals surface area (Å²) in [5.41, 5.74) is 2.79. The molecule has 1 aliphatic heterocycles. The van der Waals surface area contributed by atoms with Crippen LogP contribution in [0.2, 0.25) is 0 Å². The maximum atomic E-state index is 12.6. The lowest BCUT2D eigenvalue weighted by molar-refractivity contribution is -0.158. The highest BCUT2D eigenvalue weighted by Crippen LogP contribution is 2.38. The number of ether oxygens (including phenoxy) is 2. The molecule has 38 heavy (non-hydrogen) atoms. The van der Waals surface area contributed by atoms with E-state index in [1.807, 2.05) is 47.3 Å². The van der Waals surface area contributed by atoms with Gasteiger partial charge in [0.1, 0.15) is 11.4 Å². The number of aromatic nitrogens is 3. The van der Waals surface area contributed by atoms with E-state index in [1.54, 1.807) is 27.0 Å². The summed E-state index contributed by atoms with van der Waals surface area (Å²) in [4.78, 5) is 22.1. The van der Waals surface area contributed by atoms with Gasteiger partial charge >= 0.3 is 5.97 Å². The first-order valence-electron chi connectivity index (χ1n) is 13.3. The standard InChI is InChI=1S/C30H35N5O3/c1-4-37-29(36)30(2,3)38-26-14-13-23-10-8-16-31-27(23)28(26)34-18-9-17-33(20-21-34)22-24-15-19-35(32-24)25-11-6-5-7-12-25/h5-8,10-16,19H,4,9,17-18,20-22H2,1-3H3. The molecule has 0 unspecified atom stereocenters. The van der Waals surface area contributed by atoms with Crippen molar-refractivity contribution in [3.8, 4) is 11.4 Å². The van der Waals surface area contributed by atoms with Gasteiger partial charge in [-0.2, -0.15) is 5.10 Å². The number of anilines is 1. The van der Waals surface area contributed by atoms with Crippen molar-refractivity contribution >= 4 is 22.6 Å². The number of fused-ring (bicyclic) bond motifs is 1. The molecule has 198 valence electrons. The van der Waals surface area contributed by atoms with Crippen LogP contribution in [0, 0.1) is 0 Å². The second kappa shape index (κ2) is 11.2. The zero-order chi connectivity index (χ0) is 26.5. The highest BCUT2D eigenvalue weighted by Gasteiger charge is 2.33. The van der Waals surface area contributed by atoms with Crippen molar-refractivity contribution in [1.29, 1.82) is 0 Å². The number of hydrogen-bond acceptors (Lipinski definition) is 7. The molecule has 8 heteroatoms. The zero-order valence-corrected chi connectivity index (χ0v) is 22.3. The first-order chi connectivity index (χ1) is 18.4. The van der Waals surface area contributed by atoms with E-state index in [0.29, 0.717) is 12.4 Å². The Hall–Kier alpha value is -3.91. The Balaban J connectivity index is 1.35. The highest BCUT2D eigenvalue weighted by molar-refractivity contribution is 5.94. The molecular formula is C30H35N5O3. The van der Waals surface area contributed by atoms with Crippen molar-refractivity contribution in [3.63, 3.8) is 0 Å². The zero-order valence-electron chi connectivity index (χ0n) is 22.3. The van der Waals surface area contributed by atoms with Gasteiger partial charge in [0.25, 0.3) is 0 Å². The summed E-state index contributed by atoms with van der Waals surface area (Å²) in [5.74, 6) is 0.258. The maximum Gasteiger partial charge on any atom is 0.349 e. The lowest BCUT2D eigenvalue weighted by Gasteiger charge is -2.30. The monoisotopic (exact) mass is 513 g/mol. The number of esters is 1. The number of carbonyl (C=O) groups excluding carboxylic acids is 1. The second-order valence-electron chi connectivity index (χ2n) is 10.0. The summed E-state index contributed by atoms with van der Waals surface area (Å²) in [7, 11) is 0. The number of benzene rings is 2. The normalized spacial score (nSPS) is 14.9. The van der Waals surface area contributed by atoms with Crippen LogP contribution in [0.25, 0.3) is 16.6 Å². The Morgan fingerprint density at radius 1 is 0.974 bits per heavy atom. The number of rotatable bonds is 8. The lowest BCUT2D eigenvalue weighted by atomic mass is 10.1. The van der Waals surface area contributed by atoms with Crippen molar-refractivity contribution in [2.24, 2.45) is 0 Å². The smallest absolute Gasteiger partial charge is 0.349 e. The third-order valence-electron chi connectivity index (χ3n) is 6.80. The SMILES string of the molecule is CCOC(=O)C(C)(C)Oc1ccc2cccnc2c1N1CCCN(Cc2ccn(-c3ccccc3)n2)CC1. The molecule has 5 rings (SSSR count). The molecule has 0 amide bonds. The van der Waals surface area contributed by atoms with Crippen LogP contribution in [0.5, 0.6) is 5.75 Å². The van der Waals surface area contributed by atoms with Crippen LogP contribution >= 0.6 is 0 Å². The minimum Gasteiger partial charge on any atom is -0.474 e. The summed E-state index contributed by atoms with van der Waals surface area (Å²) >= 11 is 0. The molecule has 0 radical (unpaired) electrons. The number of nitrogens with zero attached hydrogens (tertiary/aromatic N) is 5. The molecule has 8 nitrogen and oxygen atoms in total. The molecular weight excluding hydrogens is 478 g/mol. The Labute approximate surface area is 223 Å². The molecule has 0 aliphatic carbocycles. The van der Waals surface area contributed by atoms with Gasteiger partial charge in [0.15, 0.2) is 5.60 Å². The molecule has 1 aliphatic rings. The number of para-hydroxylation sites is 1. The van der Waals surface area contributed by atoms with E-state index in [-0.39, 0.29) is 5.97 Å². The molecule has 1 fully saturated rings. The molecule has 2 aromatic carbocycles. The quantitative estimate of drug-likeness (QED) is 0.312. The van der Waals surface area contributed by atoms with Crippen LogP contribution in [0.3, 0.4) is 0 Å². The first-order valence-corrected chi connectivity index (χ1v) is 13.3. The van der Waals surface area contributed by atoms with Crippen LogP contribution < -0.4 is 9.64 Å². The number of carbonyl (C=O) groups is 1. The van der Waals surface area contributed by atoms with Crippen LogP contribution in [0.15, 0.2) is 73.1 Å². The summed E-state index contributed by atoms with van der Waals surface area (Å²) in [5, 5.41) is 5.84. The van der Waals surface area contributed by atoms with Gasteiger partial charge < -0.3 is 14.4 Å². The maximum absolute atomic E-state index is 12.6. The Bertz CT molecular complexity index is 1390. The van der Waals surface area contributed by atoms with E-state index in [0.717, 1.165) is 67.1 Å². The minimum atomic E-state index is -1.12. The summed E-state index contributed by atoms with van der Waals surface area (Å²) in [6, 6.07) is 20.2. The van der Waals surface area contributed by atoms with Gasteiger partial charge in [0.05, 0.1) is 23.5 Å². The van der Waals surface area contributed by atoms with Crippen molar-refractivity contribution < 1.29 is 14.3 Å². The molecule has 3 heterocycles. The topological polar surface area (TPSA) is 72.7 Å². The molecule has 1 saturated heterocycles. The van der Waals surface area contributed by atoms with Crippen LogP contribution in [0.4, 0.5) is 5.69 Å². The Morgan fingerprint density at radius 2 is 1.82 bits per heavy atom. The van der Waals surface area contributed by atoms with Crippen LogP contribution in [-0.2, 0) is 16.1 Å².